The molecule has 158 valence electrons. The lowest BCUT2D eigenvalue weighted by atomic mass is 10.1. The number of carbonyl (C=O) groups is 2. The summed E-state index contributed by atoms with van der Waals surface area (Å²) in [5.41, 5.74) is 8.73. The second kappa shape index (κ2) is 8.46. The molecule has 2 N–H and O–H groups in total. The molecule has 2 atom stereocenters. The Bertz CT molecular complexity index is 1110. The molecule has 4 heterocycles. The number of ether oxygens (including phenoxy) is 1. The highest BCUT2D eigenvalue weighted by Gasteiger charge is 2.52. The number of thioether (sulfide) groups is 2. The number of esters is 1. The van der Waals surface area contributed by atoms with Gasteiger partial charge in [0.25, 0.3) is 0 Å². The molecule has 12 heteroatoms. The number of nitrogens with two attached hydrogens (primary N) is 1. The summed E-state index contributed by atoms with van der Waals surface area (Å²) < 4.78 is 14.9. The van der Waals surface area contributed by atoms with Gasteiger partial charge in [0.1, 0.15) is 17.1 Å². The first kappa shape index (κ1) is 21.0. The van der Waals surface area contributed by atoms with Crippen LogP contribution in [0.3, 0.4) is 0 Å². The van der Waals surface area contributed by atoms with Gasteiger partial charge in [0.2, 0.25) is 5.91 Å². The monoisotopic (exact) mass is 467 g/mol. The third kappa shape index (κ3) is 3.87. The van der Waals surface area contributed by atoms with Crippen LogP contribution in [0.5, 0.6) is 0 Å². The SMILES string of the molecule is Cc1ncsc1/C=C\SC1=C(C(=O)OCc2oc(=O)oc2C)N2C(=O)[C@@H](N)[C@H]2SC1. The zero-order valence-corrected chi connectivity index (χ0v) is 18.4. The summed E-state index contributed by atoms with van der Waals surface area (Å²) in [5, 5.41) is 1.55. The Balaban J connectivity index is 1.56. The van der Waals surface area contributed by atoms with Crippen LogP contribution in [0.1, 0.15) is 22.1 Å². The molecule has 0 radical (unpaired) electrons. The molecule has 1 fully saturated rings. The van der Waals surface area contributed by atoms with E-state index in [2.05, 4.69) is 4.98 Å². The Morgan fingerprint density at radius 2 is 2.23 bits per heavy atom. The van der Waals surface area contributed by atoms with Crippen molar-refractivity contribution in [2.24, 2.45) is 5.73 Å². The molecule has 0 unspecified atom stereocenters. The van der Waals surface area contributed by atoms with Gasteiger partial charge in [-0.05, 0) is 25.3 Å². The van der Waals surface area contributed by atoms with Crippen LogP contribution in [-0.2, 0) is 20.9 Å². The summed E-state index contributed by atoms with van der Waals surface area (Å²) in [6, 6.07) is -0.645. The minimum absolute atomic E-state index is 0.122. The molecule has 30 heavy (non-hydrogen) atoms. The van der Waals surface area contributed by atoms with E-state index < -0.39 is 17.8 Å². The Kier molecular flexibility index (Phi) is 5.91. The minimum atomic E-state index is -0.865. The van der Waals surface area contributed by atoms with E-state index in [1.54, 1.807) is 5.51 Å². The molecule has 2 aromatic heterocycles. The first-order chi connectivity index (χ1) is 14.4. The molecule has 1 saturated heterocycles. The van der Waals surface area contributed by atoms with Crippen LogP contribution in [0.2, 0.25) is 0 Å². The summed E-state index contributed by atoms with van der Waals surface area (Å²) in [6.45, 7) is 3.17. The van der Waals surface area contributed by atoms with Gasteiger partial charge in [0, 0.05) is 10.7 Å². The van der Waals surface area contributed by atoms with Gasteiger partial charge >= 0.3 is 11.8 Å². The molecule has 2 aliphatic rings. The average molecular weight is 468 g/mol. The van der Waals surface area contributed by atoms with Crippen molar-refractivity contribution in [3.63, 3.8) is 0 Å². The summed E-state index contributed by atoms with van der Waals surface area (Å²) in [7, 11) is 0. The lowest BCUT2D eigenvalue weighted by molar-refractivity contribution is -0.151. The highest BCUT2D eigenvalue weighted by atomic mass is 32.2. The smallest absolute Gasteiger partial charge is 0.453 e. The largest absolute Gasteiger partial charge is 0.519 e. The minimum Gasteiger partial charge on any atom is -0.453 e. The van der Waals surface area contributed by atoms with Crippen LogP contribution in [0, 0.1) is 13.8 Å². The van der Waals surface area contributed by atoms with Crippen molar-refractivity contribution in [2.75, 3.05) is 5.75 Å². The van der Waals surface area contributed by atoms with Gasteiger partial charge in [-0.15, -0.1) is 23.1 Å². The Morgan fingerprint density at radius 1 is 1.43 bits per heavy atom. The summed E-state index contributed by atoms with van der Waals surface area (Å²) >= 11 is 4.36. The lowest BCUT2D eigenvalue weighted by Gasteiger charge is -2.48. The van der Waals surface area contributed by atoms with Gasteiger partial charge in [-0.2, -0.15) is 0 Å². The van der Waals surface area contributed by atoms with E-state index in [1.165, 1.54) is 46.7 Å². The topological polar surface area (TPSA) is 129 Å². The third-order valence-corrected chi connectivity index (χ3v) is 7.82. The van der Waals surface area contributed by atoms with Gasteiger partial charge in [-0.1, -0.05) is 11.8 Å². The van der Waals surface area contributed by atoms with Gasteiger partial charge in [-0.25, -0.2) is 14.6 Å². The Labute approximate surface area is 183 Å². The molecule has 0 aromatic carbocycles. The fourth-order valence-corrected chi connectivity index (χ4v) is 5.98. The number of fused-ring (bicyclic) bond motifs is 1. The zero-order valence-electron chi connectivity index (χ0n) is 15.9. The van der Waals surface area contributed by atoms with Crippen molar-refractivity contribution in [3.05, 3.63) is 54.2 Å². The number of carbonyl (C=O) groups excluding carboxylic acids is 2. The van der Waals surface area contributed by atoms with Crippen LogP contribution in [0.4, 0.5) is 0 Å². The van der Waals surface area contributed by atoms with Crippen molar-refractivity contribution in [3.8, 4) is 0 Å². The molecule has 0 aliphatic carbocycles. The van der Waals surface area contributed by atoms with Crippen LogP contribution in [-0.4, -0.2) is 38.9 Å². The zero-order chi connectivity index (χ0) is 21.4. The predicted molar refractivity (Wildman–Crippen MR) is 113 cm³/mol. The van der Waals surface area contributed by atoms with Crippen molar-refractivity contribution in [1.82, 2.24) is 9.88 Å². The highest BCUT2D eigenvalue weighted by molar-refractivity contribution is 8.08. The molecule has 4 rings (SSSR count). The van der Waals surface area contributed by atoms with E-state index in [4.69, 9.17) is 19.3 Å². The van der Waals surface area contributed by atoms with E-state index in [-0.39, 0.29) is 35.1 Å². The fraction of sp³-hybridized carbons (Fsp3) is 0.333. The summed E-state index contributed by atoms with van der Waals surface area (Å²) in [6.07, 6.45) is 1.91. The number of aromatic nitrogens is 1. The number of rotatable bonds is 6. The summed E-state index contributed by atoms with van der Waals surface area (Å²) in [5.74, 6) is -1.01. The maximum Gasteiger partial charge on any atom is 0.519 e. The van der Waals surface area contributed by atoms with Crippen molar-refractivity contribution < 1.29 is 23.2 Å². The van der Waals surface area contributed by atoms with E-state index in [9.17, 15) is 14.4 Å². The second-order valence-corrected chi connectivity index (χ2v) is 9.43. The van der Waals surface area contributed by atoms with E-state index in [1.807, 2.05) is 18.4 Å². The van der Waals surface area contributed by atoms with Gasteiger partial charge in [-0.3, -0.25) is 9.69 Å². The molecule has 2 aromatic rings. The quantitative estimate of drug-likeness (QED) is 0.498. The lowest BCUT2D eigenvalue weighted by Crippen LogP contribution is -2.68. The highest BCUT2D eigenvalue weighted by Crippen LogP contribution is 2.43. The standard InChI is InChI=1S/C18H17N3O6S3/c1-8-11(30-7-20-8)3-4-28-12-6-29-16-13(19)15(22)21(16)14(12)17(23)25-5-10-9(2)26-18(24)27-10/h3-4,7,13,16H,5-6,19H2,1-2H3/b4-3-/t13-,16-/m1/s1. The van der Waals surface area contributed by atoms with Crippen molar-refractivity contribution in [2.45, 2.75) is 31.9 Å². The van der Waals surface area contributed by atoms with Gasteiger partial charge < -0.3 is 19.3 Å². The maximum atomic E-state index is 12.9. The second-order valence-electron chi connectivity index (χ2n) is 6.44. The maximum absolute atomic E-state index is 12.9. The molecule has 2 aliphatic heterocycles. The Hall–Kier alpha value is -2.28. The molecular weight excluding hydrogens is 450 g/mol. The van der Waals surface area contributed by atoms with E-state index >= 15 is 0 Å². The van der Waals surface area contributed by atoms with E-state index in [0.29, 0.717) is 10.7 Å². The first-order valence-electron chi connectivity index (χ1n) is 8.80. The molecule has 0 saturated carbocycles. The number of hydrogen-bond donors (Lipinski definition) is 1. The molecule has 0 bridgehead atoms. The van der Waals surface area contributed by atoms with Crippen LogP contribution in [0.15, 0.2) is 35.1 Å². The van der Waals surface area contributed by atoms with Crippen LogP contribution < -0.4 is 11.6 Å². The number of hydrogen-bond acceptors (Lipinski definition) is 11. The number of aryl methyl sites for hydroxylation is 2. The van der Waals surface area contributed by atoms with E-state index in [0.717, 1.165) is 10.6 Å². The molecule has 1 amide bonds. The normalized spacial score (nSPS) is 21.2. The summed E-state index contributed by atoms with van der Waals surface area (Å²) in [4.78, 5) is 43.6. The third-order valence-electron chi connectivity index (χ3n) is 4.55. The van der Waals surface area contributed by atoms with Crippen LogP contribution in [0.25, 0.3) is 6.08 Å². The number of amides is 1. The predicted octanol–water partition coefficient (Wildman–Crippen LogP) is 2.21. The number of β-lactam (4-membered cyclic amide) rings is 1. The first-order valence-corrected chi connectivity index (χ1v) is 11.6. The van der Waals surface area contributed by atoms with Crippen LogP contribution >= 0.6 is 34.9 Å². The number of thiazole rings is 1. The number of nitrogens with zero attached hydrogens (tertiary/aromatic N) is 2. The molecule has 9 nitrogen and oxygen atoms in total. The Morgan fingerprint density at radius 3 is 2.90 bits per heavy atom. The fourth-order valence-electron chi connectivity index (χ4n) is 2.92. The average Bonchev–Trinajstić information content (AvgIpc) is 3.28. The van der Waals surface area contributed by atoms with Crippen molar-refractivity contribution >= 4 is 52.8 Å². The molecular formula is C18H17N3O6S3. The van der Waals surface area contributed by atoms with Gasteiger partial charge in [0.15, 0.2) is 18.1 Å². The molecule has 0 spiro atoms. The van der Waals surface area contributed by atoms with Gasteiger partial charge in [0.05, 0.1) is 16.1 Å². The van der Waals surface area contributed by atoms with Crippen molar-refractivity contribution in [1.29, 1.82) is 0 Å².